The first-order valence-corrected chi connectivity index (χ1v) is 9.89. The molecule has 0 bridgehead atoms. The Labute approximate surface area is 151 Å². The third-order valence-corrected chi connectivity index (χ3v) is 6.22. The minimum absolute atomic E-state index is 0.192. The summed E-state index contributed by atoms with van der Waals surface area (Å²) in [7, 11) is 1.70. The fraction of sp³-hybridized carbons (Fsp3) is 0.667. The second-order valence-corrected chi connectivity index (χ2v) is 7.87. The molecule has 0 radical (unpaired) electrons. The maximum Gasteiger partial charge on any atom is 0.226 e. The fourth-order valence-corrected chi connectivity index (χ4v) is 4.42. The van der Waals surface area contributed by atoms with Crippen LogP contribution in [0.3, 0.4) is 0 Å². The molecule has 1 heterocycles. The largest absolute Gasteiger partial charge is 0.497 e. The maximum atomic E-state index is 13.3. The zero-order valence-corrected chi connectivity index (χ0v) is 15.5. The summed E-state index contributed by atoms with van der Waals surface area (Å²) in [5.41, 5.74) is 1.26. The van der Waals surface area contributed by atoms with Crippen LogP contribution in [0.1, 0.15) is 50.5 Å². The van der Waals surface area contributed by atoms with Crippen molar-refractivity contribution < 1.29 is 9.53 Å². The van der Waals surface area contributed by atoms with E-state index in [1.54, 1.807) is 7.11 Å². The molecule has 0 unspecified atom stereocenters. The molecule has 0 aromatic heterocycles. The Morgan fingerprint density at radius 3 is 2.56 bits per heavy atom. The number of piperidine rings is 1. The molecule has 136 valence electrons. The number of ether oxygens (including phenoxy) is 1. The van der Waals surface area contributed by atoms with Crippen LogP contribution in [0.15, 0.2) is 24.3 Å². The normalized spacial score (nSPS) is 27.1. The highest BCUT2D eigenvalue weighted by Gasteiger charge is 2.50. The summed E-state index contributed by atoms with van der Waals surface area (Å²) in [4.78, 5) is 18.1. The number of hydrogen-bond acceptors (Lipinski definition) is 3. The molecule has 1 aliphatic heterocycles. The van der Waals surface area contributed by atoms with Crippen molar-refractivity contribution in [3.05, 3.63) is 29.8 Å². The summed E-state index contributed by atoms with van der Waals surface area (Å²) in [6, 6.07) is 9.24. The summed E-state index contributed by atoms with van der Waals surface area (Å²) in [5, 5.41) is 0. The number of carbonyl (C=O) groups is 1. The number of hydrogen-bond donors (Lipinski definition) is 0. The van der Waals surface area contributed by atoms with E-state index >= 15 is 0 Å². The zero-order valence-electron chi connectivity index (χ0n) is 15.5. The molecule has 2 atom stereocenters. The predicted molar refractivity (Wildman–Crippen MR) is 98.8 cm³/mol. The molecule has 3 fully saturated rings. The highest BCUT2D eigenvalue weighted by molar-refractivity contribution is 5.84. The quantitative estimate of drug-likeness (QED) is 0.795. The molecule has 4 nitrogen and oxygen atoms in total. The molecule has 2 saturated carbocycles. The van der Waals surface area contributed by atoms with E-state index in [4.69, 9.17) is 4.74 Å². The standard InChI is InChI=1S/C21H30N2O2/c1-3-22-11-9-17(10-12-22)23(16-7-8-16)21(24)20-14-19(20)15-5-4-6-18(13-15)25-2/h4-6,13,16-17,19-20H,3,7-12,14H2,1-2H3/t19-,20+/m0/s1. The van der Waals surface area contributed by atoms with Gasteiger partial charge in [0.1, 0.15) is 5.75 Å². The van der Waals surface area contributed by atoms with E-state index in [1.165, 1.54) is 18.4 Å². The van der Waals surface area contributed by atoms with Crippen LogP contribution in [-0.4, -0.2) is 54.5 Å². The van der Waals surface area contributed by atoms with Crippen LogP contribution < -0.4 is 4.74 Å². The molecule has 0 N–H and O–H groups in total. The predicted octanol–water partition coefficient (Wildman–Crippen LogP) is 3.27. The molecule has 25 heavy (non-hydrogen) atoms. The van der Waals surface area contributed by atoms with Gasteiger partial charge in [0.15, 0.2) is 0 Å². The molecule has 2 aliphatic carbocycles. The van der Waals surface area contributed by atoms with Crippen molar-refractivity contribution in [2.45, 2.75) is 57.0 Å². The van der Waals surface area contributed by atoms with Gasteiger partial charge in [0, 0.05) is 31.1 Å². The number of nitrogens with zero attached hydrogens (tertiary/aromatic N) is 2. The van der Waals surface area contributed by atoms with E-state index in [0.29, 0.717) is 23.9 Å². The van der Waals surface area contributed by atoms with Crippen LogP contribution >= 0.6 is 0 Å². The number of benzene rings is 1. The van der Waals surface area contributed by atoms with Crippen LogP contribution in [0.4, 0.5) is 0 Å². The lowest BCUT2D eigenvalue weighted by atomic mass is 10.0. The van der Waals surface area contributed by atoms with Gasteiger partial charge in [-0.2, -0.15) is 0 Å². The lowest BCUT2D eigenvalue weighted by Gasteiger charge is -2.38. The number of carbonyl (C=O) groups excluding carboxylic acids is 1. The maximum absolute atomic E-state index is 13.3. The Morgan fingerprint density at radius 2 is 1.92 bits per heavy atom. The van der Waals surface area contributed by atoms with Crippen LogP contribution in [0.2, 0.25) is 0 Å². The Morgan fingerprint density at radius 1 is 1.20 bits per heavy atom. The molecule has 0 spiro atoms. The third-order valence-electron chi connectivity index (χ3n) is 6.22. The molecule has 1 aromatic carbocycles. The number of amides is 1. The van der Waals surface area contributed by atoms with Gasteiger partial charge in [-0.15, -0.1) is 0 Å². The lowest BCUT2D eigenvalue weighted by Crippen LogP contribution is -2.49. The van der Waals surface area contributed by atoms with Gasteiger partial charge in [-0.3, -0.25) is 4.79 Å². The van der Waals surface area contributed by atoms with Crippen molar-refractivity contribution in [3.63, 3.8) is 0 Å². The zero-order chi connectivity index (χ0) is 17.4. The summed E-state index contributed by atoms with van der Waals surface area (Å²) < 4.78 is 5.34. The topological polar surface area (TPSA) is 32.8 Å². The minimum Gasteiger partial charge on any atom is -0.497 e. The summed E-state index contributed by atoms with van der Waals surface area (Å²) in [6.45, 7) is 5.64. The monoisotopic (exact) mass is 342 g/mol. The molecule has 4 heteroatoms. The van der Waals surface area contributed by atoms with Crippen molar-refractivity contribution in [3.8, 4) is 5.75 Å². The Kier molecular flexibility index (Phi) is 4.72. The molecule has 1 amide bonds. The van der Waals surface area contributed by atoms with Gasteiger partial charge >= 0.3 is 0 Å². The van der Waals surface area contributed by atoms with Crippen LogP contribution in [0.25, 0.3) is 0 Å². The van der Waals surface area contributed by atoms with Crippen molar-refractivity contribution in [2.75, 3.05) is 26.7 Å². The molecular weight excluding hydrogens is 312 g/mol. The van der Waals surface area contributed by atoms with Gasteiger partial charge in [0.25, 0.3) is 0 Å². The lowest BCUT2D eigenvalue weighted by molar-refractivity contribution is -0.136. The first kappa shape index (κ1) is 16.9. The van der Waals surface area contributed by atoms with E-state index in [2.05, 4.69) is 28.9 Å². The molecule has 4 rings (SSSR count). The van der Waals surface area contributed by atoms with Crippen molar-refractivity contribution in [1.82, 2.24) is 9.80 Å². The second kappa shape index (κ2) is 6.99. The van der Waals surface area contributed by atoms with E-state index in [9.17, 15) is 4.79 Å². The smallest absolute Gasteiger partial charge is 0.226 e. The average molecular weight is 342 g/mol. The van der Waals surface area contributed by atoms with Gasteiger partial charge in [-0.25, -0.2) is 0 Å². The molecule has 3 aliphatic rings. The highest BCUT2D eigenvalue weighted by Crippen LogP contribution is 2.50. The van der Waals surface area contributed by atoms with Crippen molar-refractivity contribution in [2.24, 2.45) is 5.92 Å². The number of rotatable bonds is 6. The number of likely N-dealkylation sites (tertiary alicyclic amines) is 1. The Balaban J connectivity index is 1.42. The van der Waals surface area contributed by atoms with Gasteiger partial charge in [0.05, 0.1) is 7.11 Å². The third kappa shape index (κ3) is 3.55. The van der Waals surface area contributed by atoms with E-state index < -0.39 is 0 Å². The van der Waals surface area contributed by atoms with Crippen molar-refractivity contribution >= 4 is 5.91 Å². The van der Waals surface area contributed by atoms with Gasteiger partial charge in [-0.05, 0) is 62.3 Å². The molecular formula is C21H30N2O2. The molecule has 1 saturated heterocycles. The number of methoxy groups -OCH3 is 1. The van der Waals surface area contributed by atoms with Crippen LogP contribution in [0.5, 0.6) is 5.75 Å². The van der Waals surface area contributed by atoms with Gasteiger partial charge < -0.3 is 14.5 Å². The first-order valence-electron chi connectivity index (χ1n) is 9.89. The van der Waals surface area contributed by atoms with Gasteiger partial charge in [0.2, 0.25) is 5.91 Å². The summed E-state index contributed by atoms with van der Waals surface area (Å²) in [5.74, 6) is 1.89. The van der Waals surface area contributed by atoms with E-state index in [0.717, 1.165) is 44.6 Å². The summed E-state index contributed by atoms with van der Waals surface area (Å²) >= 11 is 0. The Bertz CT molecular complexity index is 620. The average Bonchev–Trinajstić information content (AvgIpc) is 3.56. The molecule has 1 aromatic rings. The van der Waals surface area contributed by atoms with Gasteiger partial charge in [-0.1, -0.05) is 19.1 Å². The van der Waals surface area contributed by atoms with Crippen LogP contribution in [0, 0.1) is 5.92 Å². The van der Waals surface area contributed by atoms with E-state index in [-0.39, 0.29) is 5.92 Å². The second-order valence-electron chi connectivity index (χ2n) is 7.87. The minimum atomic E-state index is 0.192. The van der Waals surface area contributed by atoms with Crippen LogP contribution in [-0.2, 0) is 4.79 Å². The summed E-state index contributed by atoms with van der Waals surface area (Å²) in [6.07, 6.45) is 5.70. The SMILES string of the molecule is CCN1CCC(N(C(=O)[C@@H]2C[C@H]2c2cccc(OC)c2)C2CC2)CC1. The van der Waals surface area contributed by atoms with Crippen molar-refractivity contribution in [1.29, 1.82) is 0 Å². The highest BCUT2D eigenvalue weighted by atomic mass is 16.5. The fourth-order valence-electron chi connectivity index (χ4n) is 4.42. The first-order chi connectivity index (χ1) is 12.2. The van der Waals surface area contributed by atoms with E-state index in [1.807, 2.05) is 12.1 Å². The Hall–Kier alpha value is -1.55.